The zero-order valence-corrected chi connectivity index (χ0v) is 14.2. The highest BCUT2D eigenvalue weighted by atomic mass is 79.9. The van der Waals surface area contributed by atoms with E-state index in [-0.39, 0.29) is 24.2 Å². The summed E-state index contributed by atoms with van der Waals surface area (Å²) in [5.41, 5.74) is 0.686. The molecule has 5 heteroatoms. The van der Waals surface area contributed by atoms with Gasteiger partial charge in [0.15, 0.2) is 0 Å². The van der Waals surface area contributed by atoms with Crippen LogP contribution in [0.15, 0.2) is 22.7 Å². The van der Waals surface area contributed by atoms with Gasteiger partial charge >= 0.3 is 0 Å². The highest BCUT2D eigenvalue weighted by Crippen LogP contribution is 2.27. The Morgan fingerprint density at radius 1 is 1.40 bits per heavy atom. The van der Waals surface area contributed by atoms with Crippen molar-refractivity contribution in [1.82, 2.24) is 5.32 Å². The van der Waals surface area contributed by atoms with Gasteiger partial charge in [-0.25, -0.2) is 0 Å². The molecule has 0 aliphatic rings. The standard InChI is InChI=1S/C15H22BrNO3/c1-10(17-14(18)9-20-15(2,3)4)11-6-7-13(19-5)12(16)8-11/h6-8,10H,9H2,1-5H3,(H,17,18). The Morgan fingerprint density at radius 3 is 2.55 bits per heavy atom. The molecule has 1 N–H and O–H groups in total. The molecule has 20 heavy (non-hydrogen) atoms. The minimum absolute atomic E-state index is 0.0607. The number of amides is 1. The fraction of sp³-hybridized carbons (Fsp3) is 0.533. The summed E-state index contributed by atoms with van der Waals surface area (Å²) in [4.78, 5) is 11.8. The van der Waals surface area contributed by atoms with E-state index in [1.807, 2.05) is 45.9 Å². The van der Waals surface area contributed by atoms with Crippen molar-refractivity contribution in [3.8, 4) is 5.75 Å². The topological polar surface area (TPSA) is 47.6 Å². The fourth-order valence-electron chi connectivity index (χ4n) is 1.60. The summed E-state index contributed by atoms with van der Waals surface area (Å²) in [5, 5.41) is 2.91. The first-order chi connectivity index (χ1) is 9.23. The highest BCUT2D eigenvalue weighted by molar-refractivity contribution is 9.10. The van der Waals surface area contributed by atoms with Gasteiger partial charge in [0.05, 0.1) is 23.2 Å². The van der Waals surface area contributed by atoms with Crippen molar-refractivity contribution in [2.45, 2.75) is 39.3 Å². The molecule has 4 nitrogen and oxygen atoms in total. The molecule has 0 aliphatic heterocycles. The van der Waals surface area contributed by atoms with Gasteiger partial charge in [-0.2, -0.15) is 0 Å². The molecule has 0 aliphatic carbocycles. The maximum Gasteiger partial charge on any atom is 0.246 e. The van der Waals surface area contributed by atoms with E-state index < -0.39 is 0 Å². The molecule has 1 aromatic rings. The summed E-state index contributed by atoms with van der Waals surface area (Å²) in [7, 11) is 1.62. The van der Waals surface area contributed by atoms with E-state index in [1.54, 1.807) is 7.11 Å². The molecule has 1 rings (SSSR count). The SMILES string of the molecule is COc1ccc(C(C)NC(=O)COC(C)(C)C)cc1Br. The van der Waals surface area contributed by atoms with Crippen LogP contribution in [-0.4, -0.2) is 25.2 Å². The van der Waals surface area contributed by atoms with Crippen LogP contribution in [0.5, 0.6) is 5.75 Å². The minimum Gasteiger partial charge on any atom is -0.496 e. The lowest BCUT2D eigenvalue weighted by atomic mass is 10.1. The molecule has 0 heterocycles. The number of rotatable bonds is 5. The van der Waals surface area contributed by atoms with Gasteiger partial charge in [0.1, 0.15) is 12.4 Å². The van der Waals surface area contributed by atoms with Crippen LogP contribution in [0.25, 0.3) is 0 Å². The lowest BCUT2D eigenvalue weighted by Crippen LogP contribution is -2.33. The Morgan fingerprint density at radius 2 is 2.05 bits per heavy atom. The van der Waals surface area contributed by atoms with E-state index in [2.05, 4.69) is 21.2 Å². The number of hydrogen-bond donors (Lipinski definition) is 1. The largest absolute Gasteiger partial charge is 0.496 e. The van der Waals surface area contributed by atoms with Crippen molar-refractivity contribution in [1.29, 1.82) is 0 Å². The molecule has 0 radical (unpaired) electrons. The number of carbonyl (C=O) groups excluding carboxylic acids is 1. The highest BCUT2D eigenvalue weighted by Gasteiger charge is 2.15. The Kier molecular flexibility index (Phi) is 6.02. The number of carbonyl (C=O) groups is 1. The molecule has 0 fully saturated rings. The Balaban J connectivity index is 2.60. The van der Waals surface area contributed by atoms with Gasteiger partial charge in [-0.05, 0) is 61.3 Å². The number of hydrogen-bond acceptors (Lipinski definition) is 3. The van der Waals surface area contributed by atoms with Crippen LogP contribution in [0.4, 0.5) is 0 Å². The van der Waals surface area contributed by atoms with Gasteiger partial charge in [0, 0.05) is 0 Å². The number of nitrogens with one attached hydrogen (secondary N) is 1. The number of ether oxygens (including phenoxy) is 2. The maximum atomic E-state index is 11.8. The van der Waals surface area contributed by atoms with Crippen molar-refractivity contribution in [2.75, 3.05) is 13.7 Å². The van der Waals surface area contributed by atoms with Gasteiger partial charge in [0.25, 0.3) is 0 Å². The second-order valence-electron chi connectivity index (χ2n) is 5.58. The van der Waals surface area contributed by atoms with E-state index >= 15 is 0 Å². The van der Waals surface area contributed by atoms with Crippen LogP contribution in [-0.2, 0) is 9.53 Å². The van der Waals surface area contributed by atoms with Crippen molar-refractivity contribution < 1.29 is 14.3 Å². The van der Waals surface area contributed by atoms with E-state index in [9.17, 15) is 4.79 Å². The molecule has 0 aromatic heterocycles. The fourth-order valence-corrected chi connectivity index (χ4v) is 2.16. The first-order valence-corrected chi connectivity index (χ1v) is 7.29. The molecule has 1 aromatic carbocycles. The molecule has 1 amide bonds. The summed E-state index contributed by atoms with van der Waals surface area (Å²) < 4.78 is 11.5. The van der Waals surface area contributed by atoms with Gasteiger partial charge in [-0.15, -0.1) is 0 Å². The second kappa shape index (κ2) is 7.09. The summed E-state index contributed by atoms with van der Waals surface area (Å²) in [5.74, 6) is 0.641. The lowest BCUT2D eigenvalue weighted by molar-refractivity contribution is -0.131. The van der Waals surface area contributed by atoms with E-state index in [1.165, 1.54) is 0 Å². The molecular formula is C15H22BrNO3. The van der Waals surface area contributed by atoms with Crippen molar-refractivity contribution >= 4 is 21.8 Å². The number of methoxy groups -OCH3 is 1. The first-order valence-electron chi connectivity index (χ1n) is 6.49. The molecule has 0 saturated heterocycles. The van der Waals surface area contributed by atoms with Crippen LogP contribution in [0.1, 0.15) is 39.3 Å². The average molecular weight is 344 g/mol. The number of benzene rings is 1. The summed E-state index contributed by atoms with van der Waals surface area (Å²) in [6.07, 6.45) is 0. The Hall–Kier alpha value is -1.07. The number of halogens is 1. The monoisotopic (exact) mass is 343 g/mol. The Labute approximate surface area is 129 Å². The smallest absolute Gasteiger partial charge is 0.246 e. The molecule has 0 saturated carbocycles. The molecule has 0 spiro atoms. The quantitative estimate of drug-likeness (QED) is 0.890. The Bertz CT molecular complexity index is 469. The van der Waals surface area contributed by atoms with Gasteiger partial charge in [-0.1, -0.05) is 6.07 Å². The van der Waals surface area contributed by atoms with Crippen LogP contribution in [0.3, 0.4) is 0 Å². The predicted octanol–water partition coefficient (Wildman–Crippen LogP) is 3.45. The van der Waals surface area contributed by atoms with Crippen LogP contribution in [0, 0.1) is 0 Å². The van der Waals surface area contributed by atoms with Gasteiger partial charge in [-0.3, -0.25) is 4.79 Å². The summed E-state index contributed by atoms with van der Waals surface area (Å²) in [6.45, 7) is 7.76. The van der Waals surface area contributed by atoms with Crippen LogP contribution in [0.2, 0.25) is 0 Å². The van der Waals surface area contributed by atoms with Gasteiger partial charge in [0.2, 0.25) is 5.91 Å². The third-order valence-electron chi connectivity index (χ3n) is 2.69. The predicted molar refractivity (Wildman–Crippen MR) is 83.0 cm³/mol. The third kappa shape index (κ3) is 5.51. The lowest BCUT2D eigenvalue weighted by Gasteiger charge is -2.21. The van der Waals surface area contributed by atoms with Crippen LogP contribution >= 0.6 is 15.9 Å². The normalized spacial score (nSPS) is 12.9. The third-order valence-corrected chi connectivity index (χ3v) is 3.31. The second-order valence-corrected chi connectivity index (χ2v) is 6.44. The van der Waals surface area contributed by atoms with Gasteiger partial charge < -0.3 is 14.8 Å². The van der Waals surface area contributed by atoms with E-state index in [0.29, 0.717) is 0 Å². The molecule has 112 valence electrons. The van der Waals surface area contributed by atoms with Crippen molar-refractivity contribution in [3.63, 3.8) is 0 Å². The van der Waals surface area contributed by atoms with E-state index in [4.69, 9.17) is 9.47 Å². The first kappa shape index (κ1) is 17.0. The minimum atomic E-state index is -0.316. The zero-order valence-electron chi connectivity index (χ0n) is 12.6. The molecule has 0 bridgehead atoms. The van der Waals surface area contributed by atoms with Crippen molar-refractivity contribution in [3.05, 3.63) is 28.2 Å². The maximum absolute atomic E-state index is 11.8. The van der Waals surface area contributed by atoms with Crippen LogP contribution < -0.4 is 10.1 Å². The molecular weight excluding hydrogens is 322 g/mol. The zero-order chi connectivity index (χ0) is 15.3. The molecule has 1 atom stereocenters. The summed E-state index contributed by atoms with van der Waals surface area (Å²) >= 11 is 3.44. The van der Waals surface area contributed by atoms with E-state index in [0.717, 1.165) is 15.8 Å². The molecule has 1 unspecified atom stereocenters. The van der Waals surface area contributed by atoms with Crippen molar-refractivity contribution in [2.24, 2.45) is 0 Å². The average Bonchev–Trinajstić information content (AvgIpc) is 2.35. The summed E-state index contributed by atoms with van der Waals surface area (Å²) in [6, 6.07) is 5.65.